The molecule has 2 N–H and O–H groups in total. The average molecular weight is 448 g/mol. The number of nitrogens with zero attached hydrogens (tertiary/aromatic N) is 3. The fourth-order valence-corrected chi connectivity index (χ4v) is 5.07. The number of aromatic nitrogens is 3. The molecular weight excluding hydrogens is 406 g/mol. The number of aryl methyl sites for hydroxylation is 1. The maximum atomic E-state index is 12.1. The van der Waals surface area contributed by atoms with Gasteiger partial charge in [0.1, 0.15) is 0 Å². The van der Waals surface area contributed by atoms with Crippen LogP contribution in [0.15, 0.2) is 0 Å². The van der Waals surface area contributed by atoms with Crippen molar-refractivity contribution >= 4 is 12.0 Å². The first-order valence-electron chi connectivity index (χ1n) is 12.3. The molecule has 2 amide bonds. The van der Waals surface area contributed by atoms with Gasteiger partial charge in [-0.2, -0.15) is 0 Å². The number of rotatable bonds is 9. The Bertz CT molecular complexity index is 785. The summed E-state index contributed by atoms with van der Waals surface area (Å²) in [6.45, 7) is 11.2. The maximum absolute atomic E-state index is 12.1. The summed E-state index contributed by atoms with van der Waals surface area (Å²) in [5, 5.41) is 14.6. The van der Waals surface area contributed by atoms with Gasteiger partial charge >= 0.3 is 6.09 Å². The van der Waals surface area contributed by atoms with Crippen molar-refractivity contribution in [1.82, 2.24) is 25.6 Å². The van der Waals surface area contributed by atoms with Crippen LogP contribution in [0.25, 0.3) is 0 Å². The standard InChI is InChI=1S/C24H41N5O3/c1-6-8-16(2)29-21-13-11-18-17(10-12-20(21)27-28-29)19(18)15-32-23(31)25-14-7-9-22(30)26-24(3,4)5/h16-19H,6-15H2,1-5H3,(H,25,31)(H,26,30)/t16?,17-,18+,19?/m1/s1. The van der Waals surface area contributed by atoms with Gasteiger partial charge in [0.15, 0.2) is 0 Å². The van der Waals surface area contributed by atoms with Crippen LogP contribution in [0.2, 0.25) is 0 Å². The van der Waals surface area contributed by atoms with Crippen molar-refractivity contribution < 1.29 is 14.3 Å². The van der Waals surface area contributed by atoms with Gasteiger partial charge in [-0.05, 0) is 84.0 Å². The molecule has 8 heteroatoms. The van der Waals surface area contributed by atoms with Crippen LogP contribution in [0.3, 0.4) is 0 Å². The predicted octanol–water partition coefficient (Wildman–Crippen LogP) is 3.80. The van der Waals surface area contributed by atoms with Gasteiger partial charge in [-0.3, -0.25) is 4.79 Å². The van der Waals surface area contributed by atoms with Crippen molar-refractivity contribution in [3.8, 4) is 0 Å². The number of nitrogens with one attached hydrogen (secondary N) is 2. The molecule has 1 aromatic heterocycles. The highest BCUT2D eigenvalue weighted by molar-refractivity contribution is 5.76. The molecule has 2 aliphatic rings. The summed E-state index contributed by atoms with van der Waals surface area (Å²) in [4.78, 5) is 23.9. The first-order chi connectivity index (χ1) is 15.2. The molecule has 2 aliphatic carbocycles. The number of fused-ring (bicyclic) bond motifs is 2. The molecule has 1 fully saturated rings. The van der Waals surface area contributed by atoms with E-state index in [2.05, 4.69) is 39.5 Å². The fraction of sp³-hybridized carbons (Fsp3) is 0.833. The topological polar surface area (TPSA) is 98.1 Å². The van der Waals surface area contributed by atoms with Gasteiger partial charge in [0, 0.05) is 18.5 Å². The molecule has 0 aromatic carbocycles. The fourth-order valence-electron chi connectivity index (χ4n) is 5.07. The highest BCUT2D eigenvalue weighted by atomic mass is 16.5. The number of carbonyl (C=O) groups excluding carboxylic acids is 2. The van der Waals surface area contributed by atoms with Crippen LogP contribution < -0.4 is 10.6 Å². The number of amides is 2. The largest absolute Gasteiger partial charge is 0.449 e. The lowest BCUT2D eigenvalue weighted by Gasteiger charge is -2.20. The van der Waals surface area contributed by atoms with Crippen molar-refractivity contribution in [2.24, 2.45) is 17.8 Å². The van der Waals surface area contributed by atoms with Crippen molar-refractivity contribution in [1.29, 1.82) is 0 Å². The zero-order valence-electron chi connectivity index (χ0n) is 20.4. The zero-order valence-corrected chi connectivity index (χ0v) is 20.4. The Hall–Kier alpha value is -2.12. The number of carbonyl (C=O) groups is 2. The van der Waals surface area contributed by atoms with E-state index in [-0.39, 0.29) is 17.5 Å². The minimum Gasteiger partial charge on any atom is -0.449 e. The SMILES string of the molecule is CCCC(C)n1nnc2c1CC[C@@H]1C(COC(=O)NCCCC(=O)NC(C)(C)C)[C@@H]1CC2. The van der Waals surface area contributed by atoms with E-state index in [0.29, 0.717) is 49.8 Å². The van der Waals surface area contributed by atoms with E-state index in [1.165, 1.54) is 5.69 Å². The van der Waals surface area contributed by atoms with Gasteiger partial charge < -0.3 is 15.4 Å². The summed E-state index contributed by atoms with van der Waals surface area (Å²) in [6, 6.07) is 0.396. The Morgan fingerprint density at radius 2 is 1.94 bits per heavy atom. The van der Waals surface area contributed by atoms with Crippen molar-refractivity contribution in [3.63, 3.8) is 0 Å². The first-order valence-corrected chi connectivity index (χ1v) is 12.3. The molecular formula is C24H41N5O3. The van der Waals surface area contributed by atoms with Crippen LogP contribution in [0.4, 0.5) is 4.79 Å². The quantitative estimate of drug-likeness (QED) is 0.561. The molecule has 4 atom stereocenters. The van der Waals surface area contributed by atoms with E-state index in [0.717, 1.165) is 44.2 Å². The van der Waals surface area contributed by atoms with Gasteiger partial charge in [0.2, 0.25) is 5.91 Å². The lowest BCUT2D eigenvalue weighted by molar-refractivity contribution is -0.122. The zero-order chi connectivity index (χ0) is 23.3. The molecule has 2 unspecified atom stereocenters. The number of hydrogen-bond acceptors (Lipinski definition) is 5. The minimum atomic E-state index is -0.380. The van der Waals surface area contributed by atoms with Crippen LogP contribution >= 0.6 is 0 Å². The summed E-state index contributed by atoms with van der Waals surface area (Å²) in [5.74, 6) is 1.71. The normalized spacial score (nSPS) is 23.2. The lowest BCUT2D eigenvalue weighted by atomic mass is 10.0. The van der Waals surface area contributed by atoms with Crippen LogP contribution in [-0.2, 0) is 22.4 Å². The predicted molar refractivity (Wildman–Crippen MR) is 123 cm³/mol. The number of hydrogen-bond donors (Lipinski definition) is 2. The van der Waals surface area contributed by atoms with Crippen LogP contribution in [0.1, 0.15) is 90.6 Å². The third-order valence-corrected chi connectivity index (χ3v) is 6.70. The van der Waals surface area contributed by atoms with E-state index in [1.54, 1.807) is 0 Å². The second-order valence-corrected chi connectivity index (χ2v) is 10.6. The minimum absolute atomic E-state index is 0.00421. The molecule has 0 aliphatic heterocycles. The van der Waals surface area contributed by atoms with Crippen molar-refractivity contribution in [2.45, 2.75) is 97.6 Å². The van der Waals surface area contributed by atoms with Gasteiger partial charge in [0.25, 0.3) is 0 Å². The molecule has 0 spiro atoms. The lowest BCUT2D eigenvalue weighted by Crippen LogP contribution is -2.40. The Balaban J connectivity index is 1.36. The maximum Gasteiger partial charge on any atom is 0.407 e. The van der Waals surface area contributed by atoms with Crippen LogP contribution in [0.5, 0.6) is 0 Å². The Kier molecular flexibility index (Phi) is 8.17. The monoisotopic (exact) mass is 447 g/mol. The molecule has 3 rings (SSSR count). The molecule has 180 valence electrons. The summed E-state index contributed by atoms with van der Waals surface area (Å²) in [7, 11) is 0. The molecule has 8 nitrogen and oxygen atoms in total. The second-order valence-electron chi connectivity index (χ2n) is 10.6. The smallest absolute Gasteiger partial charge is 0.407 e. The van der Waals surface area contributed by atoms with E-state index in [9.17, 15) is 9.59 Å². The highest BCUT2D eigenvalue weighted by Gasteiger charge is 2.50. The summed E-state index contributed by atoms with van der Waals surface area (Å²) in [5.41, 5.74) is 2.24. The molecule has 1 saturated carbocycles. The first kappa shape index (κ1) is 24.5. The summed E-state index contributed by atoms with van der Waals surface area (Å²) < 4.78 is 7.64. The van der Waals surface area contributed by atoms with Crippen molar-refractivity contribution in [2.75, 3.05) is 13.2 Å². The molecule has 0 radical (unpaired) electrons. The van der Waals surface area contributed by atoms with E-state index >= 15 is 0 Å². The molecule has 0 saturated heterocycles. The van der Waals surface area contributed by atoms with E-state index < -0.39 is 0 Å². The molecule has 1 heterocycles. The van der Waals surface area contributed by atoms with E-state index in [4.69, 9.17) is 4.74 Å². The highest BCUT2D eigenvalue weighted by Crippen LogP contribution is 2.53. The van der Waals surface area contributed by atoms with E-state index in [1.807, 2.05) is 20.8 Å². The van der Waals surface area contributed by atoms with Gasteiger partial charge in [-0.1, -0.05) is 18.6 Å². The third-order valence-electron chi connectivity index (χ3n) is 6.70. The number of ether oxygens (including phenoxy) is 1. The second kappa shape index (κ2) is 10.7. The van der Waals surface area contributed by atoms with Crippen LogP contribution in [0, 0.1) is 17.8 Å². The Morgan fingerprint density at radius 3 is 2.62 bits per heavy atom. The van der Waals surface area contributed by atoms with Gasteiger partial charge in [-0.25, -0.2) is 9.48 Å². The summed E-state index contributed by atoms with van der Waals surface area (Å²) >= 11 is 0. The summed E-state index contributed by atoms with van der Waals surface area (Å²) in [6.07, 6.45) is 7.07. The van der Waals surface area contributed by atoms with Gasteiger partial charge in [-0.15, -0.1) is 5.10 Å². The number of alkyl carbamates (subject to hydrolysis) is 1. The Morgan fingerprint density at radius 1 is 1.22 bits per heavy atom. The van der Waals surface area contributed by atoms with Gasteiger partial charge in [0.05, 0.1) is 24.0 Å². The Labute approximate surface area is 192 Å². The van der Waals surface area contributed by atoms with Crippen LogP contribution in [-0.4, -0.2) is 45.7 Å². The molecule has 0 bridgehead atoms. The van der Waals surface area contributed by atoms with Crippen molar-refractivity contribution in [3.05, 3.63) is 11.4 Å². The molecule has 32 heavy (non-hydrogen) atoms. The average Bonchev–Trinajstić information content (AvgIpc) is 3.18. The molecule has 1 aromatic rings. The third kappa shape index (κ3) is 6.69.